The summed E-state index contributed by atoms with van der Waals surface area (Å²) in [7, 11) is 0. The van der Waals surface area contributed by atoms with Gasteiger partial charge in [0.15, 0.2) is 0 Å². The monoisotopic (exact) mass is 526 g/mol. The fourth-order valence-electron chi connectivity index (χ4n) is 7.46. The summed E-state index contributed by atoms with van der Waals surface area (Å²) in [5, 5.41) is 47.4. The number of aliphatic hydroxyl groups excluding tert-OH is 3. The topological polar surface area (TPSA) is 172 Å². The lowest BCUT2D eigenvalue weighted by molar-refractivity contribution is -0.279. The molecule has 1 saturated heterocycles. The predicted octanol–water partition coefficient (Wildman–Crippen LogP) is 0.151. The van der Waals surface area contributed by atoms with Gasteiger partial charge in [-0.1, -0.05) is 20.8 Å². The zero-order valence-corrected chi connectivity index (χ0v) is 22.3. The average Bonchev–Trinajstić information content (AvgIpc) is 3.54. The van der Waals surface area contributed by atoms with E-state index in [1.165, 1.54) is 20.8 Å². The molecule has 0 aromatic rings. The number of carbonyl (C=O) groups is 3. The summed E-state index contributed by atoms with van der Waals surface area (Å²) in [6.45, 7) is 10.2. The highest BCUT2D eigenvalue weighted by atomic mass is 16.6. The lowest BCUT2D eigenvalue weighted by Gasteiger charge is -2.64. The molecule has 1 spiro atoms. The van der Waals surface area contributed by atoms with Crippen molar-refractivity contribution in [2.45, 2.75) is 109 Å². The van der Waals surface area contributed by atoms with E-state index in [1.807, 2.05) is 0 Å². The molecule has 2 bridgehead atoms. The number of esters is 3. The zero-order chi connectivity index (χ0) is 27.9. The van der Waals surface area contributed by atoms with E-state index in [1.54, 1.807) is 27.7 Å². The quantitative estimate of drug-likeness (QED) is 0.171. The van der Waals surface area contributed by atoms with Crippen molar-refractivity contribution in [2.75, 3.05) is 6.61 Å². The third-order valence-corrected chi connectivity index (χ3v) is 9.45. The SMILES string of the molecule is CC(=O)O[C@H]1C[C@@]2(O)[C@@H](OC(C)=O)[C@@H]3[C@]4(CO4)[C@@H](OC(C)=O)C[C@H](O)[C@@]3(C)[C@@H](O)[C@H](O)C(=C1C)C2(C)C. The highest BCUT2D eigenvalue weighted by molar-refractivity contribution is 5.68. The first-order valence-electron chi connectivity index (χ1n) is 12.6. The molecule has 11 heteroatoms. The number of epoxide rings is 1. The molecule has 10 atom stereocenters. The van der Waals surface area contributed by atoms with Crippen LogP contribution in [0.1, 0.15) is 61.3 Å². The van der Waals surface area contributed by atoms with E-state index >= 15 is 0 Å². The van der Waals surface area contributed by atoms with Crippen LogP contribution in [0.3, 0.4) is 0 Å². The molecule has 3 aliphatic carbocycles. The van der Waals surface area contributed by atoms with E-state index in [4.69, 9.17) is 18.9 Å². The van der Waals surface area contributed by atoms with Crippen LogP contribution in [-0.2, 0) is 33.3 Å². The lowest BCUT2D eigenvalue weighted by atomic mass is 9.46. The van der Waals surface area contributed by atoms with Gasteiger partial charge in [-0.2, -0.15) is 0 Å². The summed E-state index contributed by atoms with van der Waals surface area (Å²) in [5.41, 5.74) is -5.45. The number of ether oxygens (including phenoxy) is 4. The first kappa shape index (κ1) is 28.0. The Morgan fingerprint density at radius 2 is 1.49 bits per heavy atom. The molecule has 4 N–H and O–H groups in total. The van der Waals surface area contributed by atoms with Gasteiger partial charge < -0.3 is 39.4 Å². The molecular weight excluding hydrogens is 488 g/mol. The summed E-state index contributed by atoms with van der Waals surface area (Å²) in [4.78, 5) is 36.4. The summed E-state index contributed by atoms with van der Waals surface area (Å²) < 4.78 is 22.8. The van der Waals surface area contributed by atoms with E-state index in [9.17, 15) is 34.8 Å². The third kappa shape index (κ3) is 3.84. The van der Waals surface area contributed by atoms with Crippen LogP contribution >= 0.6 is 0 Å². The number of rotatable bonds is 3. The number of carbonyl (C=O) groups excluding carboxylic acids is 3. The molecule has 11 nitrogen and oxygen atoms in total. The van der Waals surface area contributed by atoms with Crippen LogP contribution in [0.2, 0.25) is 0 Å². The second kappa shape index (κ2) is 8.74. The third-order valence-electron chi connectivity index (χ3n) is 9.45. The maximum Gasteiger partial charge on any atom is 0.303 e. The highest BCUT2D eigenvalue weighted by Crippen LogP contribution is 2.65. The number of aliphatic hydroxyl groups is 4. The molecule has 0 unspecified atom stereocenters. The summed E-state index contributed by atoms with van der Waals surface area (Å²) >= 11 is 0. The molecule has 0 aromatic heterocycles. The largest absolute Gasteiger partial charge is 0.459 e. The fourth-order valence-corrected chi connectivity index (χ4v) is 7.46. The van der Waals surface area contributed by atoms with Crippen molar-refractivity contribution in [2.24, 2.45) is 16.7 Å². The molecule has 1 heterocycles. The second-order valence-electron chi connectivity index (χ2n) is 11.8. The number of fused-ring (bicyclic) bond motifs is 4. The van der Waals surface area contributed by atoms with E-state index in [2.05, 4.69) is 0 Å². The Bertz CT molecular complexity index is 1030. The van der Waals surface area contributed by atoms with Gasteiger partial charge in [0, 0.05) is 50.4 Å². The molecule has 2 saturated carbocycles. The molecule has 1 aliphatic heterocycles. The Kier molecular flexibility index (Phi) is 6.61. The molecule has 0 radical (unpaired) electrons. The first-order chi connectivity index (χ1) is 16.9. The van der Waals surface area contributed by atoms with E-state index in [-0.39, 0.29) is 25.0 Å². The molecule has 3 fully saturated rings. The average molecular weight is 527 g/mol. The van der Waals surface area contributed by atoms with E-state index in [0.29, 0.717) is 5.57 Å². The number of hydrogen-bond donors (Lipinski definition) is 4. The summed E-state index contributed by atoms with van der Waals surface area (Å²) in [6, 6.07) is 0. The van der Waals surface area contributed by atoms with E-state index < -0.39 is 82.5 Å². The van der Waals surface area contributed by atoms with E-state index in [0.717, 1.165) is 0 Å². The molecular formula is C26H38O11. The van der Waals surface area contributed by atoms with Crippen LogP contribution in [0.15, 0.2) is 11.1 Å². The van der Waals surface area contributed by atoms with Crippen LogP contribution in [0.5, 0.6) is 0 Å². The van der Waals surface area contributed by atoms with Gasteiger partial charge in [0.25, 0.3) is 0 Å². The molecule has 0 aromatic carbocycles. The molecule has 4 rings (SSSR count). The Hall–Kier alpha value is -2.05. The Labute approximate surface area is 215 Å². The Morgan fingerprint density at radius 3 is 1.97 bits per heavy atom. The van der Waals surface area contributed by atoms with Crippen LogP contribution < -0.4 is 0 Å². The number of hydrogen-bond acceptors (Lipinski definition) is 11. The Morgan fingerprint density at radius 1 is 0.946 bits per heavy atom. The minimum atomic E-state index is -1.96. The van der Waals surface area contributed by atoms with Gasteiger partial charge >= 0.3 is 17.9 Å². The molecule has 4 aliphatic rings. The highest BCUT2D eigenvalue weighted by Gasteiger charge is 2.78. The maximum absolute atomic E-state index is 12.6. The van der Waals surface area contributed by atoms with Crippen molar-refractivity contribution in [1.29, 1.82) is 0 Å². The molecule has 37 heavy (non-hydrogen) atoms. The van der Waals surface area contributed by atoms with Crippen LogP contribution in [0.25, 0.3) is 0 Å². The van der Waals surface area contributed by atoms with Crippen molar-refractivity contribution in [3.63, 3.8) is 0 Å². The van der Waals surface area contributed by atoms with Crippen LogP contribution in [-0.4, -0.2) is 92.8 Å². The van der Waals surface area contributed by atoms with Crippen molar-refractivity contribution < 1.29 is 53.8 Å². The zero-order valence-electron chi connectivity index (χ0n) is 22.3. The van der Waals surface area contributed by atoms with Gasteiger partial charge in [-0.3, -0.25) is 14.4 Å². The maximum atomic E-state index is 12.6. The van der Waals surface area contributed by atoms with Crippen LogP contribution in [0, 0.1) is 16.7 Å². The normalized spacial score (nSPS) is 46.3. The Balaban J connectivity index is 2.03. The molecule has 208 valence electrons. The van der Waals surface area contributed by atoms with Crippen molar-refractivity contribution in [3.05, 3.63) is 11.1 Å². The van der Waals surface area contributed by atoms with Gasteiger partial charge in [-0.25, -0.2) is 0 Å². The van der Waals surface area contributed by atoms with Crippen molar-refractivity contribution in [1.82, 2.24) is 0 Å². The van der Waals surface area contributed by atoms with Gasteiger partial charge in [-0.15, -0.1) is 0 Å². The van der Waals surface area contributed by atoms with Crippen LogP contribution in [0.4, 0.5) is 0 Å². The summed E-state index contributed by atoms with van der Waals surface area (Å²) in [6.07, 6.45) is -8.18. The predicted molar refractivity (Wildman–Crippen MR) is 126 cm³/mol. The van der Waals surface area contributed by atoms with Gasteiger partial charge in [0.2, 0.25) is 0 Å². The van der Waals surface area contributed by atoms with Gasteiger partial charge in [0.1, 0.15) is 35.6 Å². The first-order valence-corrected chi connectivity index (χ1v) is 12.6. The minimum absolute atomic E-state index is 0.0457. The smallest absolute Gasteiger partial charge is 0.303 e. The minimum Gasteiger partial charge on any atom is -0.459 e. The fraction of sp³-hybridized carbons (Fsp3) is 0.808. The molecule has 0 amide bonds. The lowest BCUT2D eigenvalue weighted by Crippen LogP contribution is -2.76. The van der Waals surface area contributed by atoms with Crippen molar-refractivity contribution >= 4 is 17.9 Å². The second-order valence-corrected chi connectivity index (χ2v) is 11.8. The standard InChI is InChI=1S/C26H38O11/c1-11-15(35-12(2)27)9-26(33)22(37-14(4)29)20-24(7,21(32)19(31)18(11)23(26,5)6)16(30)8-17(36-13(3)28)25(20)10-34-25/h15-17,19-22,30-33H,8-10H2,1-7H3/t15-,16-,17-,19+,20-,21-,22-,24+,25-,26+/m0/s1. The van der Waals surface area contributed by atoms with Gasteiger partial charge in [-0.05, 0) is 18.1 Å². The van der Waals surface area contributed by atoms with Crippen molar-refractivity contribution in [3.8, 4) is 0 Å². The van der Waals surface area contributed by atoms with Gasteiger partial charge in [0.05, 0.1) is 18.8 Å². The summed E-state index contributed by atoms with van der Waals surface area (Å²) in [5.74, 6) is -3.08.